The Labute approximate surface area is 108 Å². The third kappa shape index (κ3) is 10.9. The van der Waals surface area contributed by atoms with Crippen LogP contribution in [0.3, 0.4) is 0 Å². The highest BCUT2D eigenvalue weighted by Crippen LogP contribution is 2.07. The molecule has 0 heterocycles. The zero-order chi connectivity index (χ0) is 14.2. The van der Waals surface area contributed by atoms with Crippen molar-refractivity contribution < 1.29 is 30.7 Å². The van der Waals surface area contributed by atoms with Crippen LogP contribution in [0, 0.1) is 6.42 Å². The number of ether oxygens (including phenoxy) is 1. The highest BCUT2D eigenvalue weighted by molar-refractivity contribution is 7.86. The van der Waals surface area contributed by atoms with Gasteiger partial charge in [-0.2, -0.15) is 16.8 Å². The first kappa shape index (κ1) is 17.8. The van der Waals surface area contributed by atoms with Gasteiger partial charge in [0.15, 0.2) is 0 Å². The maximum absolute atomic E-state index is 10.7. The first-order chi connectivity index (χ1) is 8.13. The summed E-state index contributed by atoms with van der Waals surface area (Å²) in [5, 5.41) is -0.836. The van der Waals surface area contributed by atoms with Gasteiger partial charge in [0.1, 0.15) is 0 Å². The quantitative estimate of drug-likeness (QED) is 0.446. The van der Waals surface area contributed by atoms with Gasteiger partial charge in [0, 0.05) is 13.2 Å². The largest absolute Gasteiger partial charge is 0.381 e. The van der Waals surface area contributed by atoms with Crippen molar-refractivity contribution in [3.8, 4) is 0 Å². The van der Waals surface area contributed by atoms with E-state index in [0.29, 0.717) is 13.0 Å². The lowest BCUT2D eigenvalue weighted by Crippen LogP contribution is -2.16. The Hall–Kier alpha value is -0.220. The van der Waals surface area contributed by atoms with Crippen LogP contribution in [0.25, 0.3) is 0 Å². The molecule has 7 nitrogen and oxygen atoms in total. The van der Waals surface area contributed by atoms with Crippen molar-refractivity contribution in [2.24, 2.45) is 0 Å². The second kappa shape index (κ2) is 8.05. The van der Waals surface area contributed by atoms with Crippen LogP contribution < -0.4 is 0 Å². The second-order valence-electron chi connectivity index (χ2n) is 3.89. The highest BCUT2D eigenvalue weighted by Gasteiger charge is 2.16. The molecule has 0 aromatic rings. The molecular weight excluding hydrogens is 284 g/mol. The van der Waals surface area contributed by atoms with Gasteiger partial charge >= 0.3 is 0 Å². The molecule has 0 aromatic heterocycles. The summed E-state index contributed by atoms with van der Waals surface area (Å²) in [6.07, 6.45) is 2.63. The first-order valence-electron chi connectivity index (χ1n) is 5.44. The van der Waals surface area contributed by atoms with Gasteiger partial charge in [0.05, 0.1) is 11.0 Å². The predicted octanol–water partition coefficient (Wildman–Crippen LogP) is 0.542. The van der Waals surface area contributed by atoms with Crippen LogP contribution in [0.2, 0.25) is 0 Å². The fraction of sp³-hybridized carbons (Fsp3) is 0.889. The van der Waals surface area contributed by atoms with Crippen LogP contribution in [-0.2, 0) is 25.0 Å². The molecule has 18 heavy (non-hydrogen) atoms. The van der Waals surface area contributed by atoms with E-state index in [1.54, 1.807) is 6.42 Å². The molecule has 0 aliphatic carbocycles. The van der Waals surface area contributed by atoms with Crippen LogP contribution in [0.1, 0.15) is 26.2 Å². The molecule has 0 fully saturated rings. The molecule has 0 spiro atoms. The van der Waals surface area contributed by atoms with E-state index < -0.39 is 25.5 Å². The molecule has 0 saturated carbocycles. The lowest BCUT2D eigenvalue weighted by Gasteiger charge is -2.07. The van der Waals surface area contributed by atoms with E-state index in [0.717, 1.165) is 0 Å². The fourth-order valence-corrected chi connectivity index (χ4v) is 1.95. The van der Waals surface area contributed by atoms with Crippen molar-refractivity contribution in [3.63, 3.8) is 0 Å². The number of rotatable bonds is 10. The van der Waals surface area contributed by atoms with Crippen molar-refractivity contribution in [2.75, 3.05) is 19.0 Å². The average molecular weight is 303 g/mol. The Balaban J connectivity index is 3.43. The minimum Gasteiger partial charge on any atom is -0.381 e. The molecule has 0 amide bonds. The van der Waals surface area contributed by atoms with E-state index in [1.807, 2.05) is 0 Å². The summed E-state index contributed by atoms with van der Waals surface area (Å²) < 4.78 is 64.2. The number of hydrogen-bond acceptors (Lipinski definition) is 5. The summed E-state index contributed by atoms with van der Waals surface area (Å²) >= 11 is 0. The molecule has 1 radical (unpaired) electrons. The molecular formula is C9H19O7S2. The van der Waals surface area contributed by atoms with Crippen LogP contribution in [0.5, 0.6) is 0 Å². The van der Waals surface area contributed by atoms with Crippen molar-refractivity contribution in [3.05, 3.63) is 6.42 Å². The van der Waals surface area contributed by atoms with E-state index in [4.69, 9.17) is 13.8 Å². The molecule has 109 valence electrons. The molecule has 9 heteroatoms. The van der Waals surface area contributed by atoms with Gasteiger partial charge in [-0.1, -0.05) is 0 Å². The van der Waals surface area contributed by atoms with Crippen molar-refractivity contribution in [1.29, 1.82) is 0 Å². The van der Waals surface area contributed by atoms with Crippen molar-refractivity contribution in [2.45, 2.75) is 31.4 Å². The van der Waals surface area contributed by atoms with E-state index in [1.165, 1.54) is 6.92 Å². The van der Waals surface area contributed by atoms with Crippen LogP contribution in [-0.4, -0.2) is 50.2 Å². The molecule has 2 N–H and O–H groups in total. The molecule has 0 bridgehead atoms. The van der Waals surface area contributed by atoms with Gasteiger partial charge in [-0.25, -0.2) is 0 Å². The number of unbranched alkanes of at least 4 members (excludes halogenated alkanes) is 1. The summed E-state index contributed by atoms with van der Waals surface area (Å²) in [5.41, 5.74) is 0. The minimum absolute atomic E-state index is 0.209. The molecule has 0 aliphatic heterocycles. The van der Waals surface area contributed by atoms with Crippen LogP contribution in [0.4, 0.5) is 0 Å². The van der Waals surface area contributed by atoms with Gasteiger partial charge in [0.25, 0.3) is 20.2 Å². The normalized spacial score (nSPS) is 14.6. The van der Waals surface area contributed by atoms with E-state index in [2.05, 4.69) is 0 Å². The van der Waals surface area contributed by atoms with Crippen molar-refractivity contribution >= 4 is 20.2 Å². The fourth-order valence-electron chi connectivity index (χ4n) is 1.09. The molecule has 1 atom stereocenters. The third-order valence-electron chi connectivity index (χ3n) is 2.16. The smallest absolute Gasteiger partial charge is 0.267 e. The summed E-state index contributed by atoms with van der Waals surface area (Å²) in [6, 6.07) is 0. The lowest BCUT2D eigenvalue weighted by atomic mass is 10.2. The van der Waals surface area contributed by atoms with Crippen LogP contribution in [0.15, 0.2) is 0 Å². The SMILES string of the molecule is CC(C[CH]CCOCCCS(=O)(=O)O)S(=O)(=O)O. The monoisotopic (exact) mass is 303 g/mol. The van der Waals surface area contributed by atoms with Gasteiger partial charge in [0.2, 0.25) is 0 Å². The molecule has 0 saturated heterocycles. The molecule has 0 rings (SSSR count). The molecule has 0 aliphatic rings. The Morgan fingerprint density at radius 3 is 2.28 bits per heavy atom. The minimum atomic E-state index is -3.99. The van der Waals surface area contributed by atoms with Gasteiger partial charge in [-0.3, -0.25) is 9.11 Å². The van der Waals surface area contributed by atoms with E-state index >= 15 is 0 Å². The average Bonchev–Trinajstić information content (AvgIpc) is 2.18. The Morgan fingerprint density at radius 2 is 1.78 bits per heavy atom. The summed E-state index contributed by atoms with van der Waals surface area (Å²) in [4.78, 5) is 0. The maximum Gasteiger partial charge on any atom is 0.267 e. The second-order valence-corrected chi connectivity index (χ2v) is 7.30. The molecule has 0 aromatic carbocycles. The predicted molar refractivity (Wildman–Crippen MR) is 66.4 cm³/mol. The van der Waals surface area contributed by atoms with E-state index in [-0.39, 0.29) is 25.2 Å². The molecule has 1 unspecified atom stereocenters. The van der Waals surface area contributed by atoms with Gasteiger partial charge in [-0.15, -0.1) is 0 Å². The Bertz CT molecular complexity index is 412. The standard InChI is InChI=1S/C9H19O7S2/c1-9(18(13,14)15)5-2-3-6-16-7-4-8-17(10,11)12/h2,9H,3-8H2,1H3,(H,10,11,12)(H,13,14,15). The number of hydrogen-bond donors (Lipinski definition) is 2. The lowest BCUT2D eigenvalue weighted by molar-refractivity contribution is 0.137. The summed E-state index contributed by atoms with van der Waals surface area (Å²) in [7, 11) is -7.92. The van der Waals surface area contributed by atoms with E-state index in [9.17, 15) is 16.8 Å². The topological polar surface area (TPSA) is 118 Å². The summed E-state index contributed by atoms with van der Waals surface area (Å²) in [5.74, 6) is -0.337. The zero-order valence-electron chi connectivity index (χ0n) is 10.1. The summed E-state index contributed by atoms with van der Waals surface area (Å²) in [6.45, 7) is 1.95. The first-order valence-corrected chi connectivity index (χ1v) is 8.55. The van der Waals surface area contributed by atoms with Gasteiger partial charge < -0.3 is 4.74 Å². The Morgan fingerprint density at radius 1 is 1.17 bits per heavy atom. The van der Waals surface area contributed by atoms with Gasteiger partial charge in [-0.05, 0) is 32.6 Å². The maximum atomic E-state index is 10.7. The Kier molecular flexibility index (Phi) is 7.95. The zero-order valence-corrected chi connectivity index (χ0v) is 11.8. The highest BCUT2D eigenvalue weighted by atomic mass is 32.2. The third-order valence-corrected chi connectivity index (χ3v) is 4.18. The van der Waals surface area contributed by atoms with Crippen molar-refractivity contribution in [1.82, 2.24) is 0 Å². The van der Waals surface area contributed by atoms with Crippen LogP contribution >= 0.6 is 0 Å².